The number of likely N-dealkylation sites (N-methyl/N-ethyl adjacent to an activating group) is 1. The Labute approximate surface area is 137 Å². The minimum Gasteiger partial charge on any atom is -0.316 e. The molecule has 1 N–H and O–H groups in total. The van der Waals surface area contributed by atoms with Crippen LogP contribution in [0.5, 0.6) is 0 Å². The van der Waals surface area contributed by atoms with E-state index in [4.69, 9.17) is 23.2 Å². The first-order valence-corrected chi connectivity index (χ1v) is 7.93. The molecule has 0 aliphatic heterocycles. The summed E-state index contributed by atoms with van der Waals surface area (Å²) in [5.74, 6) is 0. The summed E-state index contributed by atoms with van der Waals surface area (Å²) in [4.78, 5) is 0. The molecular weight excluding hydrogens is 301 g/mol. The van der Waals surface area contributed by atoms with Crippen LogP contribution < -0.4 is 5.32 Å². The molecular formula is C18H21Cl2N. The zero-order chi connectivity index (χ0) is 15.4. The van der Waals surface area contributed by atoms with Crippen molar-refractivity contribution >= 4 is 23.2 Å². The van der Waals surface area contributed by atoms with Gasteiger partial charge in [-0.1, -0.05) is 53.5 Å². The number of nitrogens with one attached hydrogen (secondary N) is 1. The Morgan fingerprint density at radius 1 is 1.00 bits per heavy atom. The predicted octanol–water partition coefficient (Wildman–Crippen LogP) is 4.98. The maximum absolute atomic E-state index is 6.28. The van der Waals surface area contributed by atoms with E-state index in [1.165, 1.54) is 16.7 Å². The molecule has 0 saturated heterocycles. The summed E-state index contributed by atoms with van der Waals surface area (Å²) in [5.41, 5.74) is 5.10. The van der Waals surface area contributed by atoms with Crippen LogP contribution in [0.1, 0.15) is 22.3 Å². The molecule has 21 heavy (non-hydrogen) atoms. The van der Waals surface area contributed by atoms with Crippen molar-refractivity contribution in [3.63, 3.8) is 0 Å². The van der Waals surface area contributed by atoms with Gasteiger partial charge in [0.05, 0.1) is 10.0 Å². The highest BCUT2D eigenvalue weighted by Gasteiger charge is 2.12. The summed E-state index contributed by atoms with van der Waals surface area (Å²) >= 11 is 12.4. The fourth-order valence-electron chi connectivity index (χ4n) is 2.46. The number of hydrogen-bond donors (Lipinski definition) is 1. The fourth-order valence-corrected chi connectivity index (χ4v) is 2.86. The van der Waals surface area contributed by atoms with Gasteiger partial charge >= 0.3 is 0 Å². The number of benzene rings is 2. The molecule has 2 rings (SSSR count). The molecule has 1 unspecified atom stereocenters. The first-order chi connectivity index (χ1) is 10.0. The van der Waals surface area contributed by atoms with Gasteiger partial charge in [0.1, 0.15) is 0 Å². The van der Waals surface area contributed by atoms with Crippen molar-refractivity contribution in [1.82, 2.24) is 5.32 Å². The average Bonchev–Trinajstić information content (AvgIpc) is 2.47. The van der Waals surface area contributed by atoms with Crippen LogP contribution in [0.3, 0.4) is 0 Å². The van der Waals surface area contributed by atoms with Crippen molar-refractivity contribution < 1.29 is 0 Å². The van der Waals surface area contributed by atoms with E-state index in [0.717, 1.165) is 18.4 Å². The SMILES string of the molecule is CNC(Cc1ccc(C)c(C)c1)Cc1cccc(Cl)c1Cl. The Morgan fingerprint density at radius 2 is 1.76 bits per heavy atom. The third-order valence-electron chi connectivity index (χ3n) is 3.96. The topological polar surface area (TPSA) is 12.0 Å². The highest BCUT2D eigenvalue weighted by molar-refractivity contribution is 6.42. The summed E-state index contributed by atoms with van der Waals surface area (Å²) < 4.78 is 0. The van der Waals surface area contributed by atoms with E-state index in [1.807, 2.05) is 25.2 Å². The summed E-state index contributed by atoms with van der Waals surface area (Å²) in [6.07, 6.45) is 1.84. The van der Waals surface area contributed by atoms with Crippen molar-refractivity contribution in [2.24, 2.45) is 0 Å². The predicted molar refractivity (Wildman–Crippen MR) is 92.6 cm³/mol. The van der Waals surface area contributed by atoms with Crippen LogP contribution in [-0.4, -0.2) is 13.1 Å². The van der Waals surface area contributed by atoms with Crippen molar-refractivity contribution in [2.45, 2.75) is 32.7 Å². The molecule has 0 amide bonds. The van der Waals surface area contributed by atoms with Crippen LogP contribution in [0.2, 0.25) is 10.0 Å². The molecule has 1 atom stereocenters. The third kappa shape index (κ3) is 4.23. The summed E-state index contributed by atoms with van der Waals surface area (Å²) in [5, 5.41) is 4.66. The van der Waals surface area contributed by atoms with E-state index in [1.54, 1.807) is 0 Å². The fraction of sp³-hybridized carbons (Fsp3) is 0.333. The molecule has 3 heteroatoms. The van der Waals surface area contributed by atoms with Crippen LogP contribution in [0.15, 0.2) is 36.4 Å². The number of hydrogen-bond acceptors (Lipinski definition) is 1. The summed E-state index contributed by atoms with van der Waals surface area (Å²) in [7, 11) is 1.99. The quantitative estimate of drug-likeness (QED) is 0.818. The van der Waals surface area contributed by atoms with Gasteiger partial charge in [-0.15, -0.1) is 0 Å². The van der Waals surface area contributed by atoms with E-state index in [2.05, 4.69) is 37.4 Å². The summed E-state index contributed by atoms with van der Waals surface area (Å²) in [6.45, 7) is 4.29. The van der Waals surface area contributed by atoms with Crippen molar-refractivity contribution in [3.05, 3.63) is 68.7 Å². The third-order valence-corrected chi connectivity index (χ3v) is 4.82. The van der Waals surface area contributed by atoms with Gasteiger partial charge < -0.3 is 5.32 Å². The monoisotopic (exact) mass is 321 g/mol. The first kappa shape index (κ1) is 16.4. The largest absolute Gasteiger partial charge is 0.316 e. The van der Waals surface area contributed by atoms with E-state index < -0.39 is 0 Å². The highest BCUT2D eigenvalue weighted by atomic mass is 35.5. The number of halogens is 2. The second-order valence-corrected chi connectivity index (χ2v) is 6.31. The minimum absolute atomic E-state index is 0.336. The molecule has 0 aliphatic carbocycles. The van der Waals surface area contributed by atoms with Gasteiger partial charge in [-0.05, 0) is 62.1 Å². The molecule has 0 aliphatic rings. The lowest BCUT2D eigenvalue weighted by atomic mass is 9.97. The average molecular weight is 322 g/mol. The van der Waals surface area contributed by atoms with E-state index in [0.29, 0.717) is 16.1 Å². The van der Waals surface area contributed by atoms with Gasteiger partial charge in [0, 0.05) is 6.04 Å². The molecule has 0 bridgehead atoms. The number of aryl methyl sites for hydroxylation is 2. The van der Waals surface area contributed by atoms with Crippen LogP contribution >= 0.6 is 23.2 Å². The zero-order valence-corrected chi connectivity index (χ0v) is 14.2. The Hall–Kier alpha value is -1.02. The maximum atomic E-state index is 6.28. The molecule has 0 heterocycles. The molecule has 1 nitrogen and oxygen atoms in total. The molecule has 0 saturated carbocycles. The van der Waals surface area contributed by atoms with Gasteiger partial charge in [0.25, 0.3) is 0 Å². The lowest BCUT2D eigenvalue weighted by molar-refractivity contribution is 0.556. The lowest BCUT2D eigenvalue weighted by Gasteiger charge is -2.18. The van der Waals surface area contributed by atoms with Crippen LogP contribution in [-0.2, 0) is 12.8 Å². The van der Waals surface area contributed by atoms with Gasteiger partial charge in [-0.3, -0.25) is 0 Å². The van der Waals surface area contributed by atoms with Crippen molar-refractivity contribution in [3.8, 4) is 0 Å². The Kier molecular flexibility index (Phi) is 5.69. The van der Waals surface area contributed by atoms with Gasteiger partial charge in [-0.2, -0.15) is 0 Å². The van der Waals surface area contributed by atoms with Crippen LogP contribution in [0.4, 0.5) is 0 Å². The molecule has 2 aromatic carbocycles. The Bertz CT molecular complexity index is 623. The molecule has 0 aromatic heterocycles. The van der Waals surface area contributed by atoms with Gasteiger partial charge in [-0.25, -0.2) is 0 Å². The smallest absolute Gasteiger partial charge is 0.0624 e. The van der Waals surface area contributed by atoms with Crippen LogP contribution in [0, 0.1) is 13.8 Å². The summed E-state index contributed by atoms with van der Waals surface area (Å²) in [6, 6.07) is 12.8. The van der Waals surface area contributed by atoms with Crippen molar-refractivity contribution in [1.29, 1.82) is 0 Å². The molecule has 2 aromatic rings. The van der Waals surface area contributed by atoms with E-state index in [9.17, 15) is 0 Å². The molecule has 0 fully saturated rings. The van der Waals surface area contributed by atoms with E-state index >= 15 is 0 Å². The van der Waals surface area contributed by atoms with Gasteiger partial charge in [0.15, 0.2) is 0 Å². The highest BCUT2D eigenvalue weighted by Crippen LogP contribution is 2.27. The van der Waals surface area contributed by atoms with E-state index in [-0.39, 0.29) is 0 Å². The zero-order valence-electron chi connectivity index (χ0n) is 12.7. The minimum atomic E-state index is 0.336. The second-order valence-electron chi connectivity index (χ2n) is 5.53. The molecule has 0 radical (unpaired) electrons. The van der Waals surface area contributed by atoms with Crippen molar-refractivity contribution in [2.75, 3.05) is 7.05 Å². The van der Waals surface area contributed by atoms with Gasteiger partial charge in [0.2, 0.25) is 0 Å². The number of rotatable bonds is 5. The maximum Gasteiger partial charge on any atom is 0.0624 e. The Balaban J connectivity index is 2.13. The molecule has 112 valence electrons. The van der Waals surface area contributed by atoms with Crippen LogP contribution in [0.25, 0.3) is 0 Å². The second kappa shape index (κ2) is 7.31. The first-order valence-electron chi connectivity index (χ1n) is 7.17. The standard InChI is InChI=1S/C18H21Cl2N/c1-12-7-8-14(9-13(12)2)10-16(21-3)11-15-5-4-6-17(19)18(15)20/h4-9,16,21H,10-11H2,1-3H3. The molecule has 0 spiro atoms. The normalized spacial score (nSPS) is 12.4. The lowest BCUT2D eigenvalue weighted by Crippen LogP contribution is -2.30. The Morgan fingerprint density at radius 3 is 2.43 bits per heavy atom.